The van der Waals surface area contributed by atoms with E-state index >= 15 is 0 Å². The molecular weight excluding hydrogens is 288 g/mol. The summed E-state index contributed by atoms with van der Waals surface area (Å²) in [5, 5.41) is 2.73. The normalized spacial score (nSPS) is 11.1. The summed E-state index contributed by atoms with van der Waals surface area (Å²) in [6.45, 7) is 2.54. The van der Waals surface area contributed by atoms with Gasteiger partial charge in [0.05, 0.1) is 5.75 Å². The Morgan fingerprint density at radius 2 is 2.11 bits per heavy atom. The van der Waals surface area contributed by atoms with Crippen LogP contribution in [-0.2, 0) is 10.0 Å². The largest absolute Gasteiger partial charge is 0.352 e. The molecule has 2 N–H and O–H groups in total. The van der Waals surface area contributed by atoms with Crippen molar-refractivity contribution in [3.8, 4) is 0 Å². The number of rotatable bonds is 7. The molecule has 0 fully saturated rings. The second-order valence-electron chi connectivity index (χ2n) is 3.95. The highest BCUT2D eigenvalue weighted by Gasteiger charge is 2.11. The van der Waals surface area contributed by atoms with Gasteiger partial charge in [-0.3, -0.25) is 9.52 Å². The Balaban J connectivity index is 2.80. The molecular formula is C12H17ClN2O3S. The van der Waals surface area contributed by atoms with Crippen LogP contribution in [0.5, 0.6) is 0 Å². The molecule has 1 aromatic rings. The SMILES string of the molecule is CCCNC(=O)c1cccc(NS(=O)(=O)CCCl)c1. The first kappa shape index (κ1) is 15.8. The smallest absolute Gasteiger partial charge is 0.251 e. The highest BCUT2D eigenvalue weighted by Crippen LogP contribution is 2.12. The molecule has 0 aromatic heterocycles. The molecule has 0 heterocycles. The molecule has 0 atom stereocenters. The molecule has 0 aliphatic heterocycles. The Morgan fingerprint density at radius 3 is 2.74 bits per heavy atom. The van der Waals surface area contributed by atoms with Crippen LogP contribution >= 0.6 is 11.6 Å². The zero-order valence-electron chi connectivity index (χ0n) is 10.6. The monoisotopic (exact) mass is 304 g/mol. The number of amides is 1. The number of halogens is 1. The van der Waals surface area contributed by atoms with Crippen molar-refractivity contribution in [2.45, 2.75) is 13.3 Å². The zero-order valence-corrected chi connectivity index (χ0v) is 12.2. The van der Waals surface area contributed by atoms with E-state index < -0.39 is 10.0 Å². The maximum atomic E-state index is 11.7. The van der Waals surface area contributed by atoms with Crippen molar-refractivity contribution in [1.29, 1.82) is 0 Å². The minimum atomic E-state index is -3.46. The lowest BCUT2D eigenvalue weighted by Crippen LogP contribution is -2.24. The molecule has 0 aliphatic carbocycles. The van der Waals surface area contributed by atoms with Gasteiger partial charge in [-0.25, -0.2) is 8.42 Å². The first-order chi connectivity index (χ1) is 8.98. The van der Waals surface area contributed by atoms with Gasteiger partial charge >= 0.3 is 0 Å². The summed E-state index contributed by atoms with van der Waals surface area (Å²) < 4.78 is 25.5. The van der Waals surface area contributed by atoms with Gasteiger partial charge in [0, 0.05) is 23.7 Å². The average Bonchev–Trinajstić information content (AvgIpc) is 2.35. The molecule has 1 aromatic carbocycles. The molecule has 0 saturated carbocycles. The van der Waals surface area contributed by atoms with Crippen molar-refractivity contribution in [2.75, 3.05) is 22.9 Å². The number of benzene rings is 1. The number of sulfonamides is 1. The van der Waals surface area contributed by atoms with Crippen LogP contribution in [0.15, 0.2) is 24.3 Å². The Morgan fingerprint density at radius 1 is 1.37 bits per heavy atom. The van der Waals surface area contributed by atoms with Crippen LogP contribution in [0.25, 0.3) is 0 Å². The van der Waals surface area contributed by atoms with E-state index in [0.717, 1.165) is 6.42 Å². The van der Waals surface area contributed by atoms with Gasteiger partial charge in [-0.1, -0.05) is 13.0 Å². The fourth-order valence-corrected chi connectivity index (χ4v) is 2.80. The zero-order chi connectivity index (χ0) is 14.3. The lowest BCUT2D eigenvalue weighted by Gasteiger charge is -2.08. The molecule has 0 radical (unpaired) electrons. The first-order valence-electron chi connectivity index (χ1n) is 5.93. The predicted octanol–water partition coefficient (Wildman–Crippen LogP) is 1.81. The van der Waals surface area contributed by atoms with Crippen LogP contribution in [-0.4, -0.2) is 32.5 Å². The van der Waals surface area contributed by atoms with Gasteiger partial charge in [0.15, 0.2) is 0 Å². The third kappa shape index (κ3) is 5.48. The van der Waals surface area contributed by atoms with Crippen LogP contribution < -0.4 is 10.0 Å². The lowest BCUT2D eigenvalue weighted by atomic mass is 10.2. The van der Waals surface area contributed by atoms with Crippen molar-refractivity contribution >= 4 is 33.2 Å². The Labute approximate surface area is 118 Å². The highest BCUT2D eigenvalue weighted by atomic mass is 35.5. The van der Waals surface area contributed by atoms with Crippen LogP contribution in [0.2, 0.25) is 0 Å². The van der Waals surface area contributed by atoms with E-state index in [1.807, 2.05) is 6.92 Å². The second kappa shape index (κ2) is 7.35. The van der Waals surface area contributed by atoms with Crippen molar-refractivity contribution in [1.82, 2.24) is 5.32 Å². The number of nitrogens with one attached hydrogen (secondary N) is 2. The van der Waals surface area contributed by atoms with Gasteiger partial charge in [0.2, 0.25) is 10.0 Å². The number of hydrogen-bond donors (Lipinski definition) is 2. The van der Waals surface area contributed by atoms with E-state index in [4.69, 9.17) is 11.6 Å². The summed E-state index contributed by atoms with van der Waals surface area (Å²) in [7, 11) is -3.46. The van der Waals surface area contributed by atoms with Crippen LogP contribution in [0, 0.1) is 0 Å². The van der Waals surface area contributed by atoms with E-state index in [1.165, 1.54) is 6.07 Å². The highest BCUT2D eigenvalue weighted by molar-refractivity contribution is 7.92. The summed E-state index contributed by atoms with van der Waals surface area (Å²) in [6.07, 6.45) is 0.841. The predicted molar refractivity (Wildman–Crippen MR) is 77.2 cm³/mol. The Kier molecular flexibility index (Phi) is 6.11. The van der Waals surface area contributed by atoms with E-state index in [-0.39, 0.29) is 17.5 Å². The molecule has 0 unspecified atom stereocenters. The number of hydrogen-bond acceptors (Lipinski definition) is 3. The van der Waals surface area contributed by atoms with E-state index in [1.54, 1.807) is 18.2 Å². The van der Waals surface area contributed by atoms with Crippen molar-refractivity contribution < 1.29 is 13.2 Å². The van der Waals surface area contributed by atoms with E-state index in [2.05, 4.69) is 10.0 Å². The third-order valence-electron chi connectivity index (χ3n) is 2.28. The summed E-state index contributed by atoms with van der Waals surface area (Å²) in [5.41, 5.74) is 0.772. The minimum absolute atomic E-state index is 0.0199. The van der Waals surface area contributed by atoms with E-state index in [9.17, 15) is 13.2 Å². The van der Waals surface area contributed by atoms with E-state index in [0.29, 0.717) is 17.8 Å². The van der Waals surface area contributed by atoms with Crippen molar-refractivity contribution in [3.05, 3.63) is 29.8 Å². The van der Waals surface area contributed by atoms with Gasteiger partial charge in [-0.2, -0.15) is 0 Å². The van der Waals surface area contributed by atoms with Gasteiger partial charge < -0.3 is 5.32 Å². The Bertz CT molecular complexity index is 532. The van der Waals surface area contributed by atoms with Crippen molar-refractivity contribution in [2.24, 2.45) is 0 Å². The third-order valence-corrected chi connectivity index (χ3v) is 3.98. The maximum Gasteiger partial charge on any atom is 0.251 e. The number of alkyl halides is 1. The van der Waals surface area contributed by atoms with Gasteiger partial charge in [-0.15, -0.1) is 11.6 Å². The molecule has 0 bridgehead atoms. The van der Waals surface area contributed by atoms with Gasteiger partial charge in [0.1, 0.15) is 0 Å². The molecule has 1 amide bonds. The van der Waals surface area contributed by atoms with Gasteiger partial charge in [-0.05, 0) is 24.6 Å². The number of anilines is 1. The van der Waals surface area contributed by atoms with Crippen molar-refractivity contribution in [3.63, 3.8) is 0 Å². The summed E-state index contributed by atoms with van der Waals surface area (Å²) >= 11 is 5.41. The van der Waals surface area contributed by atoms with Crippen LogP contribution in [0.1, 0.15) is 23.7 Å². The quantitative estimate of drug-likeness (QED) is 0.754. The molecule has 1 rings (SSSR count). The molecule has 106 valence electrons. The molecule has 7 heteroatoms. The number of carbonyl (C=O) groups is 1. The summed E-state index contributed by atoms with van der Waals surface area (Å²) in [6, 6.07) is 6.34. The van der Waals surface area contributed by atoms with Crippen LogP contribution in [0.4, 0.5) is 5.69 Å². The van der Waals surface area contributed by atoms with Crippen LogP contribution in [0.3, 0.4) is 0 Å². The molecule has 5 nitrogen and oxygen atoms in total. The fraction of sp³-hybridized carbons (Fsp3) is 0.417. The maximum absolute atomic E-state index is 11.7. The fourth-order valence-electron chi connectivity index (χ4n) is 1.40. The van der Waals surface area contributed by atoms with Gasteiger partial charge in [0.25, 0.3) is 5.91 Å². The topological polar surface area (TPSA) is 75.3 Å². The second-order valence-corrected chi connectivity index (χ2v) is 6.17. The summed E-state index contributed by atoms with van der Waals surface area (Å²) in [4.78, 5) is 11.7. The molecule has 0 aliphatic rings. The standard InChI is InChI=1S/C12H17ClN2O3S/c1-2-7-14-12(16)10-4-3-5-11(9-10)15-19(17,18)8-6-13/h3-5,9,15H,2,6-8H2,1H3,(H,14,16). The lowest BCUT2D eigenvalue weighted by molar-refractivity contribution is 0.0953. The minimum Gasteiger partial charge on any atom is -0.352 e. The average molecular weight is 305 g/mol. The first-order valence-corrected chi connectivity index (χ1v) is 8.12. The molecule has 0 spiro atoms. The summed E-state index contributed by atoms with van der Waals surface area (Å²) in [5.74, 6) is -0.368. The number of carbonyl (C=O) groups excluding carboxylic acids is 1. The molecule has 0 saturated heterocycles. The molecule has 19 heavy (non-hydrogen) atoms. The Hall–Kier alpha value is -1.27.